The highest BCUT2D eigenvalue weighted by Gasteiger charge is 2.51. The number of hydrogen-bond acceptors (Lipinski definition) is 5. The minimum atomic E-state index is -0.413. The van der Waals surface area contributed by atoms with Crippen molar-refractivity contribution in [2.75, 3.05) is 19.6 Å². The normalized spacial score (nSPS) is 33.4. The Labute approximate surface area is 128 Å². The lowest BCUT2D eigenvalue weighted by molar-refractivity contribution is -0.155. The molecule has 1 atom stereocenters. The van der Waals surface area contributed by atoms with Crippen LogP contribution in [0.4, 0.5) is 0 Å². The first-order valence-corrected chi connectivity index (χ1v) is 7.93. The van der Waals surface area contributed by atoms with Gasteiger partial charge in [-0.25, -0.2) is 20.3 Å². The van der Waals surface area contributed by atoms with Crippen LogP contribution in [0.1, 0.15) is 18.7 Å². The molecule has 4 aliphatic heterocycles. The molecule has 4 aliphatic rings. The third kappa shape index (κ3) is 1.62. The number of nitrogens with zero attached hydrogens (tertiary/aromatic N) is 4. The number of rotatable bonds is 1. The van der Waals surface area contributed by atoms with E-state index in [0.717, 1.165) is 29.2 Å². The molecule has 0 unspecified atom stereocenters. The number of hydrogen-bond donors (Lipinski definition) is 1. The van der Waals surface area contributed by atoms with Gasteiger partial charge in [0.2, 0.25) is 5.72 Å². The molecule has 3 fully saturated rings. The molecule has 0 saturated carbocycles. The van der Waals surface area contributed by atoms with Crippen molar-refractivity contribution in [1.29, 1.82) is 0 Å². The van der Waals surface area contributed by atoms with Gasteiger partial charge in [-0.2, -0.15) is 0 Å². The van der Waals surface area contributed by atoms with E-state index in [0.29, 0.717) is 5.92 Å². The maximum Gasteiger partial charge on any atom is 0.203 e. The van der Waals surface area contributed by atoms with Crippen LogP contribution in [0.5, 0.6) is 0 Å². The van der Waals surface area contributed by atoms with E-state index in [1.165, 1.54) is 25.9 Å². The van der Waals surface area contributed by atoms with Crippen LogP contribution >= 0.6 is 0 Å². The molecule has 1 aromatic heterocycles. The molecule has 6 rings (SSSR count). The number of aromatic nitrogens is 2. The fourth-order valence-electron chi connectivity index (χ4n) is 4.06. The van der Waals surface area contributed by atoms with Gasteiger partial charge in [-0.05, 0) is 38.1 Å². The number of amidine groups is 1. The highest BCUT2D eigenvalue weighted by atomic mass is 16.7. The molecule has 6 heteroatoms. The van der Waals surface area contributed by atoms with Gasteiger partial charge in [0.05, 0.1) is 17.6 Å². The lowest BCUT2D eigenvalue weighted by Crippen LogP contribution is -2.58. The van der Waals surface area contributed by atoms with Crippen molar-refractivity contribution in [2.24, 2.45) is 18.0 Å². The second-order valence-electron chi connectivity index (χ2n) is 6.54. The quantitative estimate of drug-likeness (QED) is 0.861. The van der Waals surface area contributed by atoms with Gasteiger partial charge < -0.3 is 4.57 Å². The van der Waals surface area contributed by atoms with Crippen molar-refractivity contribution in [3.8, 4) is 0 Å². The fourth-order valence-corrected chi connectivity index (χ4v) is 4.06. The van der Waals surface area contributed by atoms with E-state index in [9.17, 15) is 0 Å². The molecular weight excluding hydrogens is 278 g/mol. The van der Waals surface area contributed by atoms with E-state index in [1.807, 2.05) is 25.2 Å². The third-order valence-corrected chi connectivity index (χ3v) is 5.30. The zero-order chi connectivity index (χ0) is 14.7. The van der Waals surface area contributed by atoms with Crippen LogP contribution in [-0.4, -0.2) is 45.6 Å². The Kier molecular flexibility index (Phi) is 2.46. The molecule has 2 aromatic rings. The highest BCUT2D eigenvalue weighted by molar-refractivity contribution is 5.99. The zero-order valence-corrected chi connectivity index (χ0v) is 12.6. The number of aliphatic imine (C=N–C) groups is 1. The number of imidazole rings is 1. The molecule has 1 aromatic carbocycles. The lowest BCUT2D eigenvalue weighted by Gasteiger charge is -2.47. The molecule has 22 heavy (non-hydrogen) atoms. The first-order valence-electron chi connectivity index (χ1n) is 7.93. The number of hydroxylamine groups is 1. The summed E-state index contributed by atoms with van der Waals surface area (Å²) in [6, 6.07) is 8.14. The minimum Gasteiger partial charge on any atom is -0.324 e. The van der Waals surface area contributed by atoms with Crippen molar-refractivity contribution < 1.29 is 4.84 Å². The summed E-state index contributed by atoms with van der Waals surface area (Å²) in [6.45, 7) is 3.23. The van der Waals surface area contributed by atoms with Crippen molar-refractivity contribution in [2.45, 2.75) is 18.6 Å². The highest BCUT2D eigenvalue weighted by Crippen LogP contribution is 2.40. The Hall–Kier alpha value is -1.92. The third-order valence-electron chi connectivity index (χ3n) is 5.30. The first kappa shape index (κ1) is 12.6. The van der Waals surface area contributed by atoms with Gasteiger partial charge >= 0.3 is 0 Å². The van der Waals surface area contributed by atoms with Crippen LogP contribution in [0.3, 0.4) is 0 Å². The van der Waals surface area contributed by atoms with Crippen molar-refractivity contribution in [1.82, 2.24) is 19.9 Å². The summed E-state index contributed by atoms with van der Waals surface area (Å²) in [6.07, 6.45) is 2.34. The summed E-state index contributed by atoms with van der Waals surface area (Å²) in [7, 11) is 2.02. The zero-order valence-electron chi connectivity index (χ0n) is 12.6. The van der Waals surface area contributed by atoms with Gasteiger partial charge in [0.25, 0.3) is 0 Å². The summed E-state index contributed by atoms with van der Waals surface area (Å²) < 4.78 is 2.07. The van der Waals surface area contributed by atoms with Crippen LogP contribution in [0, 0.1) is 5.92 Å². The maximum atomic E-state index is 5.98. The van der Waals surface area contributed by atoms with E-state index >= 15 is 0 Å². The Morgan fingerprint density at radius 1 is 1.27 bits per heavy atom. The van der Waals surface area contributed by atoms with E-state index in [-0.39, 0.29) is 0 Å². The Balaban J connectivity index is 1.58. The Bertz CT molecular complexity index is 774. The maximum absolute atomic E-state index is 5.98. The van der Waals surface area contributed by atoms with Crippen molar-refractivity contribution in [3.05, 3.63) is 30.1 Å². The van der Waals surface area contributed by atoms with E-state index in [2.05, 4.69) is 21.0 Å². The Morgan fingerprint density at radius 3 is 2.82 bits per heavy atom. The molecule has 1 N–H and O–H groups in total. The molecule has 5 heterocycles. The van der Waals surface area contributed by atoms with Crippen LogP contribution in [0.25, 0.3) is 11.0 Å². The van der Waals surface area contributed by atoms with Crippen molar-refractivity contribution in [3.63, 3.8) is 0 Å². The fraction of sp³-hybridized carbons (Fsp3) is 0.500. The number of aryl methyl sites for hydroxylation is 1. The molecule has 0 radical (unpaired) electrons. The summed E-state index contributed by atoms with van der Waals surface area (Å²) in [5.74, 6) is 2.11. The number of piperidine rings is 3. The molecule has 0 amide bonds. The predicted octanol–water partition coefficient (Wildman–Crippen LogP) is 1.28. The molecule has 6 nitrogen and oxygen atoms in total. The number of para-hydroxylation sites is 2. The average Bonchev–Trinajstić information content (AvgIpc) is 3.11. The SMILES string of the molecule is Cn1c(C2=N[C@@]3(CN4CCC3CC4)ON2)nc2ccccc21. The lowest BCUT2D eigenvalue weighted by atomic mass is 9.81. The molecule has 1 spiro atoms. The predicted molar refractivity (Wildman–Crippen MR) is 83.4 cm³/mol. The van der Waals surface area contributed by atoms with Crippen LogP contribution in [0.15, 0.2) is 29.3 Å². The molecular formula is C16H19N5O. The number of nitrogens with one attached hydrogen (secondary N) is 1. The summed E-state index contributed by atoms with van der Waals surface area (Å²) >= 11 is 0. The van der Waals surface area contributed by atoms with E-state index in [4.69, 9.17) is 14.8 Å². The largest absolute Gasteiger partial charge is 0.324 e. The van der Waals surface area contributed by atoms with Gasteiger partial charge in [0.1, 0.15) is 0 Å². The van der Waals surface area contributed by atoms with E-state index in [1.54, 1.807) is 0 Å². The summed E-state index contributed by atoms with van der Waals surface area (Å²) in [5, 5.41) is 0. The minimum absolute atomic E-state index is 0.413. The van der Waals surface area contributed by atoms with Gasteiger partial charge in [-0.1, -0.05) is 12.1 Å². The number of benzene rings is 1. The topological polar surface area (TPSA) is 54.7 Å². The second kappa shape index (κ2) is 4.30. The summed E-state index contributed by atoms with van der Waals surface area (Å²) in [4.78, 5) is 18.1. The van der Waals surface area contributed by atoms with Crippen LogP contribution < -0.4 is 5.48 Å². The standard InChI is InChI=1S/C16H19N5O/c1-20-13-5-3-2-4-12(13)17-15(20)14-18-16(22-19-14)10-21-8-6-11(16)7-9-21/h2-5,11H,6-10H2,1H3,(H,18,19)/t16-/m0/s1. The first-order chi connectivity index (χ1) is 10.8. The van der Waals surface area contributed by atoms with Crippen molar-refractivity contribution >= 4 is 16.9 Å². The van der Waals surface area contributed by atoms with Gasteiger partial charge in [0, 0.05) is 13.0 Å². The molecule has 114 valence electrons. The second-order valence-corrected chi connectivity index (χ2v) is 6.54. The smallest absolute Gasteiger partial charge is 0.203 e. The average molecular weight is 297 g/mol. The van der Waals surface area contributed by atoms with Crippen LogP contribution in [0.2, 0.25) is 0 Å². The molecule has 0 aliphatic carbocycles. The van der Waals surface area contributed by atoms with E-state index < -0.39 is 5.72 Å². The Morgan fingerprint density at radius 2 is 2.09 bits per heavy atom. The van der Waals surface area contributed by atoms with Gasteiger partial charge in [-0.15, -0.1) is 0 Å². The summed E-state index contributed by atoms with van der Waals surface area (Å²) in [5.41, 5.74) is 4.74. The molecule has 3 saturated heterocycles. The van der Waals surface area contributed by atoms with Gasteiger partial charge in [0.15, 0.2) is 11.7 Å². The van der Waals surface area contributed by atoms with Crippen LogP contribution in [-0.2, 0) is 11.9 Å². The monoisotopic (exact) mass is 297 g/mol. The number of fused-ring (bicyclic) bond motifs is 3. The van der Waals surface area contributed by atoms with Gasteiger partial charge in [-0.3, -0.25) is 4.90 Å². The molecule has 2 bridgehead atoms.